The monoisotopic (exact) mass is 486 g/mol. The van der Waals surface area contributed by atoms with E-state index in [2.05, 4.69) is 10.6 Å². The molecule has 0 bridgehead atoms. The Kier molecular flexibility index (Phi) is 10.2. The van der Waals surface area contributed by atoms with Crippen molar-refractivity contribution in [1.29, 1.82) is 5.41 Å². The van der Waals surface area contributed by atoms with Crippen LogP contribution in [-0.4, -0.2) is 63.5 Å². The zero-order valence-corrected chi connectivity index (χ0v) is 20.5. The third-order valence-electron chi connectivity index (χ3n) is 4.73. The minimum Gasteiger partial charge on any atom is -0.488 e. The molecule has 2 amide bonds. The summed E-state index contributed by atoms with van der Waals surface area (Å²) in [5.74, 6) is -1.45. The molecule has 0 aliphatic heterocycles. The second kappa shape index (κ2) is 13.1. The molecule has 0 aliphatic carbocycles. The van der Waals surface area contributed by atoms with E-state index in [0.717, 1.165) is 6.07 Å². The van der Waals surface area contributed by atoms with Gasteiger partial charge in [-0.15, -0.1) is 0 Å². The fraction of sp³-hybridized carbons (Fsp3) is 0.320. The number of nitrogens with zero attached hydrogens (tertiary/aromatic N) is 1. The van der Waals surface area contributed by atoms with Crippen molar-refractivity contribution in [3.63, 3.8) is 0 Å². The lowest BCUT2D eigenvalue weighted by atomic mass is 10.1. The number of benzene rings is 2. The maximum atomic E-state index is 14.7. The number of hydrogen-bond acceptors (Lipinski definition) is 7. The van der Waals surface area contributed by atoms with Gasteiger partial charge in [-0.3, -0.25) is 15.0 Å². The number of halogens is 1. The summed E-state index contributed by atoms with van der Waals surface area (Å²) in [4.78, 5) is 26.2. The fourth-order valence-electron chi connectivity index (χ4n) is 2.95. The van der Waals surface area contributed by atoms with Gasteiger partial charge in [0, 0.05) is 45.4 Å². The van der Waals surface area contributed by atoms with E-state index in [1.54, 1.807) is 28.3 Å². The van der Waals surface area contributed by atoms with Gasteiger partial charge in [0.05, 0.1) is 6.61 Å². The third kappa shape index (κ3) is 8.11. The maximum Gasteiger partial charge on any atom is 0.257 e. The normalized spacial score (nSPS) is 11.6. The largest absolute Gasteiger partial charge is 0.488 e. The van der Waals surface area contributed by atoms with Gasteiger partial charge in [0.25, 0.3) is 11.8 Å². The summed E-state index contributed by atoms with van der Waals surface area (Å²) in [5.41, 5.74) is 0.322. The first kappa shape index (κ1) is 27.3. The number of amides is 2. The summed E-state index contributed by atoms with van der Waals surface area (Å²) in [7, 11) is 6.37. The van der Waals surface area contributed by atoms with Crippen LogP contribution in [0.4, 0.5) is 4.39 Å². The van der Waals surface area contributed by atoms with Gasteiger partial charge in [-0.2, -0.15) is 0 Å². The highest BCUT2D eigenvalue weighted by Crippen LogP contribution is 2.30. The van der Waals surface area contributed by atoms with Crippen LogP contribution < -0.4 is 20.1 Å². The molecule has 10 heteroatoms. The number of amidine groups is 1. The number of carbonyl (C=O) groups is 2. The van der Waals surface area contributed by atoms with Crippen molar-refractivity contribution in [2.45, 2.75) is 19.4 Å². The molecular weight excluding hydrogens is 455 g/mol. The predicted molar refractivity (Wildman–Crippen MR) is 131 cm³/mol. The molecule has 0 fully saturated rings. The lowest BCUT2D eigenvalue weighted by molar-refractivity contribution is 0.0784. The molecule has 0 aromatic heterocycles. The number of nitrogens with one attached hydrogen (secondary N) is 3. The van der Waals surface area contributed by atoms with Crippen LogP contribution in [0.2, 0.25) is 0 Å². The standard InChI is InChI=1S/C25H31FN4O5/c1-6-18(15-33-5)34-19-11-17(24(31)29-23(27)9-10-28-2)12-20(14-19)35-22-8-7-16(13-21(22)26)25(32)30(3)4/h7-14,18,28H,6,15H2,1-5H3,(H2,27,29,31)/b10-9-/t18-/m0/s1. The second-order valence-electron chi connectivity index (χ2n) is 7.73. The van der Waals surface area contributed by atoms with Crippen molar-refractivity contribution in [2.75, 3.05) is 34.9 Å². The number of methoxy groups -OCH3 is 1. The first-order valence-corrected chi connectivity index (χ1v) is 10.9. The van der Waals surface area contributed by atoms with Crippen molar-refractivity contribution in [3.8, 4) is 17.2 Å². The van der Waals surface area contributed by atoms with Gasteiger partial charge < -0.3 is 29.7 Å². The van der Waals surface area contributed by atoms with Crippen molar-refractivity contribution in [2.24, 2.45) is 0 Å². The van der Waals surface area contributed by atoms with Crippen molar-refractivity contribution < 1.29 is 28.2 Å². The summed E-state index contributed by atoms with van der Waals surface area (Å²) < 4.78 is 31.5. The van der Waals surface area contributed by atoms with E-state index in [-0.39, 0.29) is 40.5 Å². The van der Waals surface area contributed by atoms with Gasteiger partial charge in [0.2, 0.25) is 0 Å². The minimum atomic E-state index is -0.736. The molecule has 0 saturated heterocycles. The van der Waals surface area contributed by atoms with E-state index < -0.39 is 11.7 Å². The number of carbonyl (C=O) groups excluding carboxylic acids is 2. The molecule has 1 atom stereocenters. The van der Waals surface area contributed by atoms with Crippen LogP contribution in [0.15, 0.2) is 48.7 Å². The Balaban J connectivity index is 2.38. The van der Waals surface area contributed by atoms with Gasteiger partial charge in [0.15, 0.2) is 11.6 Å². The van der Waals surface area contributed by atoms with Crippen molar-refractivity contribution in [3.05, 3.63) is 65.6 Å². The van der Waals surface area contributed by atoms with Crippen LogP contribution >= 0.6 is 0 Å². The molecule has 2 aromatic carbocycles. The van der Waals surface area contributed by atoms with E-state index in [1.165, 1.54) is 47.5 Å². The summed E-state index contributed by atoms with van der Waals surface area (Å²) >= 11 is 0. The van der Waals surface area contributed by atoms with Gasteiger partial charge in [-0.1, -0.05) is 6.92 Å². The molecule has 0 spiro atoms. The van der Waals surface area contributed by atoms with Crippen molar-refractivity contribution >= 4 is 17.6 Å². The number of rotatable bonds is 11. The minimum absolute atomic E-state index is 0.127. The van der Waals surface area contributed by atoms with E-state index in [9.17, 15) is 14.0 Å². The van der Waals surface area contributed by atoms with Gasteiger partial charge >= 0.3 is 0 Å². The Morgan fingerprint density at radius 1 is 1.14 bits per heavy atom. The molecular formula is C25H31FN4O5. The average Bonchev–Trinajstić information content (AvgIpc) is 2.82. The van der Waals surface area contributed by atoms with Crippen LogP contribution in [0.5, 0.6) is 17.2 Å². The maximum absolute atomic E-state index is 14.7. The topological polar surface area (TPSA) is 113 Å². The Morgan fingerprint density at radius 2 is 1.86 bits per heavy atom. The molecule has 0 aliphatic rings. The second-order valence-corrected chi connectivity index (χ2v) is 7.73. The first-order chi connectivity index (χ1) is 16.7. The van der Waals surface area contributed by atoms with Crippen LogP contribution in [-0.2, 0) is 4.74 Å². The van der Waals surface area contributed by atoms with Crippen LogP contribution in [0, 0.1) is 11.2 Å². The smallest absolute Gasteiger partial charge is 0.257 e. The zero-order chi connectivity index (χ0) is 26.0. The Hall–Kier alpha value is -3.92. The quantitative estimate of drug-likeness (QED) is 0.331. The fourth-order valence-corrected chi connectivity index (χ4v) is 2.95. The third-order valence-corrected chi connectivity index (χ3v) is 4.73. The molecule has 188 valence electrons. The summed E-state index contributed by atoms with van der Waals surface area (Å²) in [6.45, 7) is 2.26. The molecule has 0 saturated carbocycles. The molecule has 2 rings (SSSR count). The summed E-state index contributed by atoms with van der Waals surface area (Å²) in [6.07, 6.45) is 3.25. The highest BCUT2D eigenvalue weighted by Gasteiger charge is 2.17. The molecule has 3 N–H and O–H groups in total. The van der Waals surface area contributed by atoms with Crippen LogP contribution in [0.25, 0.3) is 0 Å². The molecule has 0 heterocycles. The summed E-state index contributed by atoms with van der Waals surface area (Å²) in [5, 5.41) is 13.0. The van der Waals surface area contributed by atoms with Crippen molar-refractivity contribution in [1.82, 2.24) is 15.5 Å². The molecule has 2 aromatic rings. The van der Waals surface area contributed by atoms with Gasteiger partial charge in [-0.25, -0.2) is 4.39 Å². The molecule has 0 radical (unpaired) electrons. The highest BCUT2D eigenvalue weighted by molar-refractivity contribution is 6.09. The van der Waals surface area contributed by atoms with E-state index >= 15 is 0 Å². The SMILES string of the molecule is CC[C@@H](COC)Oc1cc(Oc2ccc(C(=O)N(C)C)cc2F)cc(C(=O)NC(=N)/C=C\NC)c1. The predicted octanol–water partition coefficient (Wildman–Crippen LogP) is 3.56. The first-order valence-electron chi connectivity index (χ1n) is 10.9. The Labute approximate surface area is 204 Å². The lowest BCUT2D eigenvalue weighted by Crippen LogP contribution is -2.28. The van der Waals surface area contributed by atoms with Gasteiger partial charge in [-0.05, 0) is 49.0 Å². The number of ether oxygens (including phenoxy) is 3. The number of hydrogen-bond donors (Lipinski definition) is 3. The van der Waals surface area contributed by atoms with Gasteiger partial charge in [0.1, 0.15) is 23.4 Å². The highest BCUT2D eigenvalue weighted by atomic mass is 19.1. The van der Waals surface area contributed by atoms with Crippen LogP contribution in [0.3, 0.4) is 0 Å². The van der Waals surface area contributed by atoms with E-state index in [4.69, 9.17) is 19.6 Å². The van der Waals surface area contributed by atoms with E-state index in [0.29, 0.717) is 18.8 Å². The molecule has 0 unspecified atom stereocenters. The molecule has 35 heavy (non-hydrogen) atoms. The van der Waals surface area contributed by atoms with Crippen LogP contribution in [0.1, 0.15) is 34.1 Å². The average molecular weight is 487 g/mol. The zero-order valence-electron chi connectivity index (χ0n) is 20.5. The lowest BCUT2D eigenvalue weighted by Gasteiger charge is -2.18. The van der Waals surface area contributed by atoms with E-state index in [1.807, 2.05) is 6.92 Å². The Bertz CT molecular complexity index is 1090. The molecule has 9 nitrogen and oxygen atoms in total. The summed E-state index contributed by atoms with van der Waals surface area (Å²) in [6, 6.07) is 8.33. The Morgan fingerprint density at radius 3 is 2.46 bits per heavy atom.